The Balaban J connectivity index is 2.18. The molecule has 0 radical (unpaired) electrons. The standard InChI is InChI=1S/C14H22O/c1-4-14(2,3)11-8-12-15-13-9-6-5-7-10-13/h5-7,9-10H,4,8,11-12H2,1-3H3. The first kappa shape index (κ1) is 12.1. The minimum absolute atomic E-state index is 0.458. The van der Waals surface area contributed by atoms with Gasteiger partial charge < -0.3 is 4.74 Å². The van der Waals surface area contributed by atoms with Crippen LogP contribution in [0.15, 0.2) is 30.3 Å². The van der Waals surface area contributed by atoms with E-state index in [4.69, 9.17) is 4.74 Å². The first-order valence-electron chi connectivity index (χ1n) is 5.82. The fourth-order valence-electron chi connectivity index (χ4n) is 1.43. The maximum atomic E-state index is 5.65. The molecule has 0 unspecified atom stereocenters. The molecule has 0 fully saturated rings. The van der Waals surface area contributed by atoms with Crippen molar-refractivity contribution in [3.63, 3.8) is 0 Å². The van der Waals surface area contributed by atoms with Gasteiger partial charge in [-0.1, -0.05) is 45.4 Å². The summed E-state index contributed by atoms with van der Waals surface area (Å²) in [6, 6.07) is 10.0. The van der Waals surface area contributed by atoms with Gasteiger partial charge in [0, 0.05) is 0 Å². The van der Waals surface area contributed by atoms with Crippen molar-refractivity contribution in [3.8, 4) is 5.75 Å². The molecule has 0 heterocycles. The Labute approximate surface area is 93.5 Å². The summed E-state index contributed by atoms with van der Waals surface area (Å²) in [5.41, 5.74) is 0.458. The Morgan fingerprint density at radius 3 is 2.40 bits per heavy atom. The minimum Gasteiger partial charge on any atom is -0.494 e. The molecule has 15 heavy (non-hydrogen) atoms. The van der Waals surface area contributed by atoms with Gasteiger partial charge >= 0.3 is 0 Å². The molecule has 1 rings (SSSR count). The molecule has 1 heteroatoms. The van der Waals surface area contributed by atoms with E-state index < -0.39 is 0 Å². The number of para-hydroxylation sites is 1. The highest BCUT2D eigenvalue weighted by atomic mass is 16.5. The van der Waals surface area contributed by atoms with Crippen molar-refractivity contribution in [2.75, 3.05) is 6.61 Å². The Morgan fingerprint density at radius 2 is 1.80 bits per heavy atom. The van der Waals surface area contributed by atoms with Crippen LogP contribution in [0.1, 0.15) is 40.0 Å². The van der Waals surface area contributed by atoms with Gasteiger partial charge in [0.25, 0.3) is 0 Å². The van der Waals surface area contributed by atoms with Crippen LogP contribution in [0.4, 0.5) is 0 Å². The third-order valence-electron chi connectivity index (χ3n) is 2.97. The predicted octanol–water partition coefficient (Wildman–Crippen LogP) is 4.28. The summed E-state index contributed by atoms with van der Waals surface area (Å²) in [6.45, 7) is 7.70. The molecule has 0 saturated carbocycles. The molecule has 1 nitrogen and oxygen atoms in total. The van der Waals surface area contributed by atoms with Crippen LogP contribution in [-0.2, 0) is 0 Å². The summed E-state index contributed by atoms with van der Waals surface area (Å²) in [7, 11) is 0. The Morgan fingerprint density at radius 1 is 1.13 bits per heavy atom. The number of hydrogen-bond donors (Lipinski definition) is 0. The van der Waals surface area contributed by atoms with Gasteiger partial charge in [-0.15, -0.1) is 0 Å². The van der Waals surface area contributed by atoms with Crippen LogP contribution in [0, 0.1) is 5.41 Å². The van der Waals surface area contributed by atoms with Crippen LogP contribution in [0.25, 0.3) is 0 Å². The van der Waals surface area contributed by atoms with E-state index in [9.17, 15) is 0 Å². The van der Waals surface area contributed by atoms with Crippen molar-refractivity contribution in [1.82, 2.24) is 0 Å². The summed E-state index contributed by atoms with van der Waals surface area (Å²) in [4.78, 5) is 0. The highest BCUT2D eigenvalue weighted by Gasteiger charge is 2.13. The Kier molecular flexibility index (Phi) is 4.67. The van der Waals surface area contributed by atoms with Crippen molar-refractivity contribution in [1.29, 1.82) is 0 Å². The molecule has 1 aromatic carbocycles. The number of rotatable bonds is 6. The zero-order chi connectivity index (χ0) is 11.1. The average Bonchev–Trinajstić information content (AvgIpc) is 2.26. The van der Waals surface area contributed by atoms with Crippen molar-refractivity contribution in [2.45, 2.75) is 40.0 Å². The van der Waals surface area contributed by atoms with Crippen LogP contribution >= 0.6 is 0 Å². The van der Waals surface area contributed by atoms with Crippen molar-refractivity contribution >= 4 is 0 Å². The average molecular weight is 206 g/mol. The SMILES string of the molecule is CCC(C)(C)CCCOc1ccccc1. The van der Waals surface area contributed by atoms with E-state index >= 15 is 0 Å². The predicted molar refractivity (Wildman–Crippen MR) is 65.2 cm³/mol. The van der Waals surface area contributed by atoms with E-state index in [1.54, 1.807) is 0 Å². The first-order chi connectivity index (χ1) is 7.14. The smallest absolute Gasteiger partial charge is 0.119 e. The zero-order valence-corrected chi connectivity index (χ0v) is 10.1. The minimum atomic E-state index is 0.458. The highest BCUT2D eigenvalue weighted by molar-refractivity contribution is 5.20. The van der Waals surface area contributed by atoms with Crippen LogP contribution < -0.4 is 4.74 Å². The fourth-order valence-corrected chi connectivity index (χ4v) is 1.43. The molecule has 1 aromatic rings. The van der Waals surface area contributed by atoms with Gasteiger partial charge in [0.05, 0.1) is 6.61 Å². The molecule has 0 atom stereocenters. The quantitative estimate of drug-likeness (QED) is 0.631. The van der Waals surface area contributed by atoms with E-state index in [0.717, 1.165) is 18.8 Å². The second-order valence-corrected chi connectivity index (χ2v) is 4.78. The van der Waals surface area contributed by atoms with E-state index in [2.05, 4.69) is 20.8 Å². The summed E-state index contributed by atoms with van der Waals surface area (Å²) in [6.07, 6.45) is 3.60. The van der Waals surface area contributed by atoms with Gasteiger partial charge in [-0.05, 0) is 30.4 Å². The van der Waals surface area contributed by atoms with Gasteiger partial charge in [0.2, 0.25) is 0 Å². The summed E-state index contributed by atoms with van der Waals surface area (Å²) in [5.74, 6) is 0.979. The molecule has 0 N–H and O–H groups in total. The van der Waals surface area contributed by atoms with Crippen molar-refractivity contribution < 1.29 is 4.74 Å². The van der Waals surface area contributed by atoms with Crippen LogP contribution in [-0.4, -0.2) is 6.61 Å². The molecule has 0 saturated heterocycles. The molecule has 0 aromatic heterocycles. The summed E-state index contributed by atoms with van der Waals surface area (Å²) < 4.78 is 5.65. The van der Waals surface area contributed by atoms with Gasteiger partial charge in [-0.2, -0.15) is 0 Å². The lowest BCUT2D eigenvalue weighted by atomic mass is 9.85. The van der Waals surface area contributed by atoms with E-state index in [-0.39, 0.29) is 0 Å². The van der Waals surface area contributed by atoms with Crippen LogP contribution in [0.5, 0.6) is 5.75 Å². The lowest BCUT2D eigenvalue weighted by molar-refractivity contribution is 0.251. The molecular formula is C14H22O. The van der Waals surface area contributed by atoms with E-state index in [1.165, 1.54) is 12.8 Å². The maximum absolute atomic E-state index is 5.65. The second kappa shape index (κ2) is 5.79. The second-order valence-electron chi connectivity index (χ2n) is 4.78. The number of ether oxygens (including phenoxy) is 1. The van der Waals surface area contributed by atoms with Crippen molar-refractivity contribution in [2.24, 2.45) is 5.41 Å². The zero-order valence-electron chi connectivity index (χ0n) is 10.1. The summed E-state index contributed by atoms with van der Waals surface area (Å²) >= 11 is 0. The molecule has 0 amide bonds. The van der Waals surface area contributed by atoms with Crippen LogP contribution in [0.3, 0.4) is 0 Å². The van der Waals surface area contributed by atoms with Gasteiger partial charge in [-0.3, -0.25) is 0 Å². The maximum Gasteiger partial charge on any atom is 0.119 e. The van der Waals surface area contributed by atoms with E-state index in [0.29, 0.717) is 5.41 Å². The third-order valence-corrected chi connectivity index (χ3v) is 2.97. The monoisotopic (exact) mass is 206 g/mol. The lowest BCUT2D eigenvalue weighted by Gasteiger charge is -2.22. The van der Waals surface area contributed by atoms with Crippen LogP contribution in [0.2, 0.25) is 0 Å². The molecule has 0 spiro atoms. The molecular weight excluding hydrogens is 184 g/mol. The lowest BCUT2D eigenvalue weighted by Crippen LogP contribution is -2.11. The van der Waals surface area contributed by atoms with Gasteiger partial charge in [-0.25, -0.2) is 0 Å². The molecule has 0 aliphatic rings. The Bertz CT molecular complexity index is 264. The largest absolute Gasteiger partial charge is 0.494 e. The summed E-state index contributed by atoms with van der Waals surface area (Å²) in [5, 5.41) is 0. The number of benzene rings is 1. The first-order valence-corrected chi connectivity index (χ1v) is 5.82. The van der Waals surface area contributed by atoms with Crippen molar-refractivity contribution in [3.05, 3.63) is 30.3 Å². The fraction of sp³-hybridized carbons (Fsp3) is 0.571. The molecule has 84 valence electrons. The molecule has 0 aliphatic carbocycles. The Hall–Kier alpha value is -0.980. The van der Waals surface area contributed by atoms with E-state index in [1.807, 2.05) is 30.3 Å². The van der Waals surface area contributed by atoms with Gasteiger partial charge in [0.15, 0.2) is 0 Å². The molecule has 0 bridgehead atoms. The normalized spacial score (nSPS) is 11.4. The highest BCUT2D eigenvalue weighted by Crippen LogP contribution is 2.25. The topological polar surface area (TPSA) is 9.23 Å². The third kappa shape index (κ3) is 4.87. The molecule has 0 aliphatic heterocycles. The van der Waals surface area contributed by atoms with Gasteiger partial charge in [0.1, 0.15) is 5.75 Å². The number of hydrogen-bond acceptors (Lipinski definition) is 1.